The van der Waals surface area contributed by atoms with E-state index in [1.807, 2.05) is 0 Å². The van der Waals surface area contributed by atoms with Gasteiger partial charge in [-0.1, -0.05) is 12.1 Å². The van der Waals surface area contributed by atoms with E-state index < -0.39 is 11.1 Å². The summed E-state index contributed by atoms with van der Waals surface area (Å²) in [6, 6.07) is 6.17. The number of nitrogens with two attached hydrogens (primary N) is 1. The second-order valence-electron chi connectivity index (χ2n) is 2.72. The van der Waals surface area contributed by atoms with E-state index in [0.717, 1.165) is 5.56 Å². The quantitative estimate of drug-likeness (QED) is 0.404. The third kappa shape index (κ3) is 2.72. The van der Waals surface area contributed by atoms with Crippen molar-refractivity contribution < 1.29 is 10.0 Å². The van der Waals surface area contributed by atoms with Crippen LogP contribution in [0.2, 0.25) is 0 Å². The van der Waals surface area contributed by atoms with Crippen LogP contribution in [0.4, 0.5) is 0 Å². The van der Waals surface area contributed by atoms with E-state index in [1.54, 1.807) is 12.1 Å². The lowest BCUT2D eigenvalue weighted by atomic mass is 10.1. The van der Waals surface area contributed by atoms with E-state index in [4.69, 9.17) is 10.8 Å². The van der Waals surface area contributed by atoms with Gasteiger partial charge in [-0.05, 0) is 17.7 Å². The van der Waals surface area contributed by atoms with Gasteiger partial charge in [0.1, 0.15) is 5.75 Å². The average Bonchev–Trinajstić information content (AvgIpc) is 2.08. The normalized spacial score (nSPS) is 12.4. The molecular weight excluding hydrogens is 172 g/mol. The van der Waals surface area contributed by atoms with Crippen molar-refractivity contribution in [1.82, 2.24) is 0 Å². The Labute approximate surface area is 74.9 Å². The third-order valence-corrected chi connectivity index (χ3v) is 1.65. The van der Waals surface area contributed by atoms with Crippen molar-refractivity contribution in [1.29, 1.82) is 0 Å². The first-order chi connectivity index (χ1) is 6.09. The minimum Gasteiger partial charge on any atom is -0.508 e. The van der Waals surface area contributed by atoms with Gasteiger partial charge in [0.15, 0.2) is 0 Å². The zero-order valence-electron chi connectivity index (χ0n) is 6.88. The van der Waals surface area contributed by atoms with Crippen molar-refractivity contribution in [3.63, 3.8) is 0 Å². The van der Waals surface area contributed by atoms with Gasteiger partial charge >= 0.3 is 0 Å². The fourth-order valence-corrected chi connectivity index (χ4v) is 0.948. The highest BCUT2D eigenvalue weighted by Crippen LogP contribution is 2.10. The molecule has 0 amide bonds. The van der Waals surface area contributed by atoms with Crippen molar-refractivity contribution in [2.24, 2.45) is 5.73 Å². The maximum atomic E-state index is 10.2. The summed E-state index contributed by atoms with van der Waals surface area (Å²) in [7, 11) is 0. The molecule has 0 fully saturated rings. The van der Waals surface area contributed by atoms with Gasteiger partial charge in [-0.3, -0.25) is 15.8 Å². The highest BCUT2D eigenvalue weighted by molar-refractivity contribution is 5.26. The number of aromatic hydroxyl groups is 1. The van der Waals surface area contributed by atoms with Gasteiger partial charge in [0.2, 0.25) is 0 Å². The second-order valence-corrected chi connectivity index (χ2v) is 2.72. The predicted octanol–water partition coefficient (Wildman–Crippen LogP) is 0.496. The average molecular weight is 182 g/mol. The molecule has 1 aromatic rings. The number of hydrogen-bond donors (Lipinski definition) is 2. The van der Waals surface area contributed by atoms with E-state index in [2.05, 4.69) is 0 Å². The summed E-state index contributed by atoms with van der Waals surface area (Å²) < 4.78 is 0. The third-order valence-electron chi connectivity index (χ3n) is 1.65. The summed E-state index contributed by atoms with van der Waals surface area (Å²) in [4.78, 5) is 9.67. The molecule has 13 heavy (non-hydrogen) atoms. The molecule has 0 heterocycles. The first kappa shape index (κ1) is 9.47. The Bertz CT molecular complexity index is 297. The Balaban J connectivity index is 2.64. The van der Waals surface area contributed by atoms with Gasteiger partial charge in [-0.2, -0.15) is 0 Å². The van der Waals surface area contributed by atoms with Crippen LogP contribution in [-0.2, 0) is 6.42 Å². The first-order valence-corrected chi connectivity index (χ1v) is 3.76. The maximum Gasteiger partial charge on any atom is 0.267 e. The minimum atomic E-state index is -1.08. The molecule has 0 unspecified atom stereocenters. The molecule has 1 rings (SSSR count). The molecule has 0 aromatic heterocycles. The summed E-state index contributed by atoms with van der Waals surface area (Å²) in [6.07, 6.45) is -0.905. The van der Waals surface area contributed by atoms with Crippen LogP contribution in [0.15, 0.2) is 24.3 Å². The monoisotopic (exact) mass is 182 g/mol. The lowest BCUT2D eigenvalue weighted by Gasteiger charge is -2.03. The SMILES string of the molecule is N[C@H](Cc1ccc(O)cc1)[N+](=O)[O-]. The van der Waals surface area contributed by atoms with E-state index in [9.17, 15) is 10.1 Å². The smallest absolute Gasteiger partial charge is 0.267 e. The van der Waals surface area contributed by atoms with Gasteiger partial charge in [0.05, 0.1) is 6.42 Å². The van der Waals surface area contributed by atoms with Crippen LogP contribution in [0.3, 0.4) is 0 Å². The zero-order chi connectivity index (χ0) is 9.84. The summed E-state index contributed by atoms with van der Waals surface area (Å²) in [5.74, 6) is 0.137. The molecule has 1 atom stereocenters. The van der Waals surface area contributed by atoms with Gasteiger partial charge in [-0.15, -0.1) is 0 Å². The van der Waals surface area contributed by atoms with Crippen molar-refractivity contribution in [3.05, 3.63) is 39.9 Å². The summed E-state index contributed by atoms with van der Waals surface area (Å²) in [5, 5.41) is 19.1. The number of rotatable bonds is 3. The predicted molar refractivity (Wildman–Crippen MR) is 46.8 cm³/mol. The Hall–Kier alpha value is -1.62. The van der Waals surface area contributed by atoms with Gasteiger partial charge in [-0.25, -0.2) is 0 Å². The number of hydrogen-bond acceptors (Lipinski definition) is 4. The molecule has 1 aromatic carbocycles. The lowest BCUT2D eigenvalue weighted by molar-refractivity contribution is -0.520. The number of phenolic OH excluding ortho intramolecular Hbond substituents is 1. The summed E-state index contributed by atoms with van der Waals surface area (Å²) in [5.41, 5.74) is 5.96. The number of benzene rings is 1. The number of nitro groups is 1. The van der Waals surface area contributed by atoms with E-state index in [-0.39, 0.29) is 12.2 Å². The fourth-order valence-electron chi connectivity index (χ4n) is 0.948. The fraction of sp³-hybridized carbons (Fsp3) is 0.250. The summed E-state index contributed by atoms with van der Waals surface area (Å²) in [6.45, 7) is 0. The van der Waals surface area contributed by atoms with E-state index in [1.165, 1.54) is 12.1 Å². The Kier molecular flexibility index (Phi) is 2.81. The van der Waals surface area contributed by atoms with Crippen molar-refractivity contribution in [2.75, 3.05) is 0 Å². The lowest BCUT2D eigenvalue weighted by Crippen LogP contribution is -2.31. The van der Waals surface area contributed by atoms with E-state index >= 15 is 0 Å². The largest absolute Gasteiger partial charge is 0.508 e. The van der Waals surface area contributed by atoms with Crippen molar-refractivity contribution in [2.45, 2.75) is 12.6 Å². The second kappa shape index (κ2) is 3.86. The van der Waals surface area contributed by atoms with Crippen molar-refractivity contribution in [3.8, 4) is 5.75 Å². The number of phenols is 1. The van der Waals surface area contributed by atoms with Crippen LogP contribution < -0.4 is 5.73 Å². The first-order valence-electron chi connectivity index (χ1n) is 3.76. The Morgan fingerprint density at radius 1 is 1.46 bits per heavy atom. The standard InChI is InChI=1S/C8H10N2O3/c9-8(10(12)13)5-6-1-3-7(11)4-2-6/h1-4,8,11H,5,9H2/t8-/m0/s1. The number of nitrogens with zero attached hydrogens (tertiary/aromatic N) is 1. The minimum absolute atomic E-state index is 0.137. The molecule has 0 saturated heterocycles. The van der Waals surface area contributed by atoms with Gasteiger partial charge in [0.25, 0.3) is 6.17 Å². The van der Waals surface area contributed by atoms with Crippen LogP contribution >= 0.6 is 0 Å². The van der Waals surface area contributed by atoms with Crippen LogP contribution in [-0.4, -0.2) is 16.2 Å². The molecule has 0 aliphatic carbocycles. The molecule has 0 saturated carbocycles. The molecule has 0 aliphatic rings. The molecular formula is C8H10N2O3. The molecule has 5 nitrogen and oxygen atoms in total. The van der Waals surface area contributed by atoms with Crippen LogP contribution in [0, 0.1) is 10.1 Å². The molecule has 70 valence electrons. The van der Waals surface area contributed by atoms with Gasteiger partial charge < -0.3 is 5.11 Å². The highest BCUT2D eigenvalue weighted by Gasteiger charge is 2.13. The van der Waals surface area contributed by atoms with Crippen LogP contribution in [0.1, 0.15) is 5.56 Å². The molecule has 0 spiro atoms. The zero-order valence-corrected chi connectivity index (χ0v) is 6.88. The van der Waals surface area contributed by atoms with Crippen LogP contribution in [0.5, 0.6) is 5.75 Å². The summed E-state index contributed by atoms with van der Waals surface area (Å²) >= 11 is 0. The molecule has 5 heteroatoms. The van der Waals surface area contributed by atoms with Crippen molar-refractivity contribution >= 4 is 0 Å². The molecule has 0 bridgehead atoms. The van der Waals surface area contributed by atoms with Crippen LogP contribution in [0.25, 0.3) is 0 Å². The topological polar surface area (TPSA) is 89.4 Å². The maximum absolute atomic E-state index is 10.2. The Morgan fingerprint density at radius 3 is 2.46 bits per heavy atom. The Morgan fingerprint density at radius 2 is 2.00 bits per heavy atom. The van der Waals surface area contributed by atoms with E-state index in [0.29, 0.717) is 0 Å². The molecule has 0 aliphatic heterocycles. The van der Waals surface area contributed by atoms with Gasteiger partial charge in [0, 0.05) is 4.92 Å². The molecule has 0 radical (unpaired) electrons. The molecule has 3 N–H and O–H groups in total. The highest BCUT2D eigenvalue weighted by atomic mass is 16.6.